The summed E-state index contributed by atoms with van der Waals surface area (Å²) < 4.78 is 11.1. The third-order valence-corrected chi connectivity index (χ3v) is 3.06. The fraction of sp³-hybridized carbons (Fsp3) is 0.333. The Bertz CT molecular complexity index is 556. The summed E-state index contributed by atoms with van der Waals surface area (Å²) in [6.07, 6.45) is 0.810. The van der Waals surface area contributed by atoms with Gasteiger partial charge in [-0.25, -0.2) is 0 Å². The van der Waals surface area contributed by atoms with E-state index in [4.69, 9.17) is 9.15 Å². The molecule has 2 rings (SSSR count). The van der Waals surface area contributed by atoms with Crippen molar-refractivity contribution in [2.45, 2.75) is 13.8 Å². The molecule has 1 aromatic carbocycles. The van der Waals surface area contributed by atoms with Gasteiger partial charge in [-0.05, 0) is 38.1 Å². The minimum atomic E-state index is 0.511. The lowest BCUT2D eigenvalue weighted by molar-refractivity contribution is 0.112. The molecule has 0 spiro atoms. The van der Waals surface area contributed by atoms with E-state index >= 15 is 0 Å². The standard InChI is InChI=1S/C15H18N2O3/c1-11-12(2)20-15(16-11)17(3)8-9-19-14-6-4-13(10-18)5-7-14/h4-7,10H,8-9H2,1-3H3. The molecular weight excluding hydrogens is 256 g/mol. The highest BCUT2D eigenvalue weighted by molar-refractivity contribution is 5.74. The number of carbonyl (C=O) groups is 1. The Morgan fingerprint density at radius 1 is 1.30 bits per heavy atom. The molecule has 0 aliphatic carbocycles. The predicted octanol–water partition coefficient (Wildman–Crippen LogP) is 2.62. The SMILES string of the molecule is Cc1nc(N(C)CCOc2ccc(C=O)cc2)oc1C. The van der Waals surface area contributed by atoms with E-state index in [-0.39, 0.29) is 0 Å². The highest BCUT2D eigenvalue weighted by Gasteiger charge is 2.10. The molecule has 20 heavy (non-hydrogen) atoms. The summed E-state index contributed by atoms with van der Waals surface area (Å²) in [7, 11) is 1.91. The first-order valence-electron chi connectivity index (χ1n) is 6.43. The Hall–Kier alpha value is -2.30. The molecule has 0 atom stereocenters. The van der Waals surface area contributed by atoms with Crippen LogP contribution in [-0.4, -0.2) is 31.5 Å². The van der Waals surface area contributed by atoms with E-state index in [1.165, 1.54) is 0 Å². The van der Waals surface area contributed by atoms with Gasteiger partial charge in [0.25, 0.3) is 6.01 Å². The van der Waals surface area contributed by atoms with Crippen molar-refractivity contribution in [3.05, 3.63) is 41.3 Å². The van der Waals surface area contributed by atoms with Crippen molar-refractivity contribution in [1.29, 1.82) is 0 Å². The molecule has 0 N–H and O–H groups in total. The smallest absolute Gasteiger partial charge is 0.297 e. The van der Waals surface area contributed by atoms with E-state index in [0.717, 1.165) is 23.5 Å². The topological polar surface area (TPSA) is 55.6 Å². The number of aryl methyl sites for hydroxylation is 2. The van der Waals surface area contributed by atoms with Crippen molar-refractivity contribution >= 4 is 12.3 Å². The molecule has 5 nitrogen and oxygen atoms in total. The van der Waals surface area contributed by atoms with Gasteiger partial charge in [0.1, 0.15) is 24.4 Å². The third kappa shape index (κ3) is 3.38. The van der Waals surface area contributed by atoms with Crippen LogP contribution in [0.15, 0.2) is 28.7 Å². The highest BCUT2D eigenvalue weighted by atomic mass is 16.5. The second-order valence-corrected chi connectivity index (χ2v) is 4.59. The monoisotopic (exact) mass is 274 g/mol. The lowest BCUT2D eigenvalue weighted by Gasteiger charge is -2.14. The summed E-state index contributed by atoms with van der Waals surface area (Å²) in [5.41, 5.74) is 1.54. The quantitative estimate of drug-likeness (QED) is 0.758. The lowest BCUT2D eigenvalue weighted by atomic mass is 10.2. The molecule has 1 heterocycles. The maximum Gasteiger partial charge on any atom is 0.297 e. The van der Waals surface area contributed by atoms with Gasteiger partial charge in [-0.2, -0.15) is 4.98 Å². The molecule has 2 aromatic rings. The van der Waals surface area contributed by atoms with Gasteiger partial charge >= 0.3 is 0 Å². The summed E-state index contributed by atoms with van der Waals surface area (Å²) in [5, 5.41) is 0. The summed E-state index contributed by atoms with van der Waals surface area (Å²) >= 11 is 0. The van der Waals surface area contributed by atoms with E-state index < -0.39 is 0 Å². The molecule has 0 saturated heterocycles. The number of rotatable bonds is 6. The van der Waals surface area contributed by atoms with E-state index in [0.29, 0.717) is 24.7 Å². The van der Waals surface area contributed by atoms with Crippen molar-refractivity contribution in [3.8, 4) is 5.75 Å². The van der Waals surface area contributed by atoms with Crippen molar-refractivity contribution in [2.24, 2.45) is 0 Å². The third-order valence-electron chi connectivity index (χ3n) is 3.06. The Balaban J connectivity index is 1.84. The van der Waals surface area contributed by atoms with Gasteiger partial charge in [0.05, 0.1) is 12.2 Å². The number of carbonyl (C=O) groups excluding carboxylic acids is 1. The van der Waals surface area contributed by atoms with Crippen LogP contribution in [0.2, 0.25) is 0 Å². The Kier molecular flexibility index (Phi) is 4.40. The number of aromatic nitrogens is 1. The molecule has 1 aromatic heterocycles. The minimum absolute atomic E-state index is 0.511. The van der Waals surface area contributed by atoms with Crippen LogP contribution in [0.3, 0.4) is 0 Å². The molecule has 0 radical (unpaired) electrons. The van der Waals surface area contributed by atoms with Crippen LogP contribution in [0.1, 0.15) is 21.8 Å². The number of likely N-dealkylation sites (N-methyl/N-ethyl adjacent to an activating group) is 1. The van der Waals surface area contributed by atoms with Gasteiger partial charge in [-0.1, -0.05) is 0 Å². The number of ether oxygens (including phenoxy) is 1. The Morgan fingerprint density at radius 3 is 2.55 bits per heavy atom. The fourth-order valence-electron chi connectivity index (χ4n) is 1.66. The summed E-state index contributed by atoms with van der Waals surface area (Å²) in [6.45, 7) is 4.98. The first-order valence-corrected chi connectivity index (χ1v) is 6.43. The average Bonchev–Trinajstić information content (AvgIpc) is 2.79. The number of hydrogen-bond acceptors (Lipinski definition) is 5. The van der Waals surface area contributed by atoms with Gasteiger partial charge in [-0.15, -0.1) is 0 Å². The molecule has 0 aliphatic heterocycles. The molecule has 106 valence electrons. The van der Waals surface area contributed by atoms with Gasteiger partial charge in [-0.3, -0.25) is 4.79 Å². The molecule has 5 heteroatoms. The fourth-order valence-corrected chi connectivity index (χ4v) is 1.66. The second-order valence-electron chi connectivity index (χ2n) is 4.59. The Labute approximate surface area is 118 Å². The van der Waals surface area contributed by atoms with Gasteiger partial charge in [0.2, 0.25) is 0 Å². The second kappa shape index (κ2) is 6.23. The zero-order valence-corrected chi connectivity index (χ0v) is 11.9. The number of oxazole rings is 1. The van der Waals surface area contributed by atoms with Crippen molar-refractivity contribution in [1.82, 2.24) is 4.98 Å². The lowest BCUT2D eigenvalue weighted by Crippen LogP contribution is -2.24. The molecule has 0 unspecified atom stereocenters. The molecule has 0 saturated carbocycles. The van der Waals surface area contributed by atoms with Crippen molar-refractivity contribution < 1.29 is 13.9 Å². The van der Waals surface area contributed by atoms with Gasteiger partial charge < -0.3 is 14.1 Å². The van der Waals surface area contributed by atoms with Crippen molar-refractivity contribution in [2.75, 3.05) is 25.1 Å². The molecule has 0 amide bonds. The zero-order chi connectivity index (χ0) is 14.5. The first kappa shape index (κ1) is 14.1. The van der Waals surface area contributed by atoms with Crippen LogP contribution in [-0.2, 0) is 0 Å². The minimum Gasteiger partial charge on any atom is -0.492 e. The number of nitrogens with zero attached hydrogens (tertiary/aromatic N) is 2. The van der Waals surface area contributed by atoms with Gasteiger partial charge in [0.15, 0.2) is 0 Å². The van der Waals surface area contributed by atoms with Crippen LogP contribution < -0.4 is 9.64 Å². The number of anilines is 1. The van der Waals surface area contributed by atoms with E-state index in [2.05, 4.69) is 4.98 Å². The molecule has 0 aliphatic rings. The van der Waals surface area contributed by atoms with Crippen LogP contribution in [0, 0.1) is 13.8 Å². The van der Waals surface area contributed by atoms with Crippen LogP contribution in [0.5, 0.6) is 5.75 Å². The summed E-state index contributed by atoms with van der Waals surface area (Å²) in [5.74, 6) is 1.57. The van der Waals surface area contributed by atoms with Crippen LogP contribution >= 0.6 is 0 Å². The number of hydrogen-bond donors (Lipinski definition) is 0. The predicted molar refractivity (Wildman–Crippen MR) is 76.6 cm³/mol. The van der Waals surface area contributed by atoms with E-state index in [1.807, 2.05) is 25.8 Å². The normalized spacial score (nSPS) is 10.3. The zero-order valence-electron chi connectivity index (χ0n) is 11.9. The van der Waals surface area contributed by atoms with E-state index in [9.17, 15) is 4.79 Å². The number of aldehydes is 1. The Morgan fingerprint density at radius 2 is 2.00 bits per heavy atom. The largest absolute Gasteiger partial charge is 0.492 e. The van der Waals surface area contributed by atoms with Crippen molar-refractivity contribution in [3.63, 3.8) is 0 Å². The van der Waals surface area contributed by atoms with E-state index in [1.54, 1.807) is 24.3 Å². The first-order chi connectivity index (χ1) is 9.60. The van der Waals surface area contributed by atoms with Crippen LogP contribution in [0.25, 0.3) is 0 Å². The van der Waals surface area contributed by atoms with Gasteiger partial charge in [0, 0.05) is 12.6 Å². The summed E-state index contributed by atoms with van der Waals surface area (Å²) in [4.78, 5) is 16.8. The highest BCUT2D eigenvalue weighted by Crippen LogP contribution is 2.16. The molecule has 0 bridgehead atoms. The molecular formula is C15H18N2O3. The summed E-state index contributed by atoms with van der Waals surface area (Å²) in [6, 6.07) is 7.62. The maximum atomic E-state index is 10.5. The van der Waals surface area contributed by atoms with Crippen LogP contribution in [0.4, 0.5) is 6.01 Å². The average molecular weight is 274 g/mol. The number of benzene rings is 1. The molecule has 0 fully saturated rings. The maximum absolute atomic E-state index is 10.5.